The zero-order valence-electron chi connectivity index (χ0n) is 9.61. The Bertz CT molecular complexity index is 399. The molecule has 0 aliphatic carbocycles. The molecule has 0 radical (unpaired) electrons. The van der Waals surface area contributed by atoms with Crippen LogP contribution in [0.15, 0.2) is 24.3 Å². The normalized spacial score (nSPS) is 27.1. The van der Waals surface area contributed by atoms with E-state index in [9.17, 15) is 5.11 Å². The lowest BCUT2D eigenvalue weighted by Crippen LogP contribution is -2.49. The lowest BCUT2D eigenvalue weighted by molar-refractivity contribution is 0.0725. The number of rotatable bonds is 0. The second-order valence-corrected chi connectivity index (χ2v) is 4.91. The summed E-state index contributed by atoms with van der Waals surface area (Å²) in [6, 6.07) is 8.40. The van der Waals surface area contributed by atoms with Crippen molar-refractivity contribution >= 4 is 5.69 Å². The van der Waals surface area contributed by atoms with E-state index in [0.29, 0.717) is 0 Å². The lowest BCUT2D eigenvalue weighted by Gasteiger charge is -2.38. The van der Waals surface area contributed by atoms with Gasteiger partial charge in [0.05, 0.1) is 0 Å². The first-order valence-corrected chi connectivity index (χ1v) is 5.97. The SMILES string of the molecule is CN1c2ccccc2C2(CCNCC2)C1O. The van der Waals surface area contributed by atoms with Crippen molar-refractivity contribution in [2.24, 2.45) is 0 Å². The molecule has 2 aliphatic rings. The first-order valence-electron chi connectivity index (χ1n) is 5.97. The molecule has 0 saturated carbocycles. The summed E-state index contributed by atoms with van der Waals surface area (Å²) in [6.07, 6.45) is 1.68. The fourth-order valence-corrected chi connectivity index (χ4v) is 3.24. The predicted molar refractivity (Wildman–Crippen MR) is 64.6 cm³/mol. The molecule has 1 aromatic rings. The Balaban J connectivity index is 2.12. The van der Waals surface area contributed by atoms with Crippen LogP contribution in [-0.2, 0) is 5.41 Å². The van der Waals surface area contributed by atoms with Crippen molar-refractivity contribution in [2.75, 3.05) is 25.0 Å². The highest BCUT2D eigenvalue weighted by molar-refractivity contribution is 5.63. The average Bonchev–Trinajstić information content (AvgIpc) is 2.55. The lowest BCUT2D eigenvalue weighted by atomic mass is 9.73. The van der Waals surface area contributed by atoms with Crippen LogP contribution in [0.4, 0.5) is 5.69 Å². The molecule has 86 valence electrons. The molecule has 3 rings (SSSR count). The van der Waals surface area contributed by atoms with Crippen LogP contribution in [0.1, 0.15) is 18.4 Å². The van der Waals surface area contributed by atoms with Gasteiger partial charge in [0.25, 0.3) is 0 Å². The van der Waals surface area contributed by atoms with Crippen LogP contribution in [0.5, 0.6) is 0 Å². The van der Waals surface area contributed by atoms with Gasteiger partial charge in [-0.1, -0.05) is 18.2 Å². The number of anilines is 1. The highest BCUT2D eigenvalue weighted by atomic mass is 16.3. The Morgan fingerprint density at radius 1 is 1.31 bits per heavy atom. The van der Waals surface area contributed by atoms with Gasteiger partial charge in [-0.15, -0.1) is 0 Å². The third-order valence-corrected chi connectivity index (χ3v) is 4.18. The van der Waals surface area contributed by atoms with Crippen LogP contribution >= 0.6 is 0 Å². The molecule has 16 heavy (non-hydrogen) atoms. The molecule has 1 aromatic carbocycles. The minimum absolute atomic E-state index is 0.0450. The van der Waals surface area contributed by atoms with Gasteiger partial charge in [0.2, 0.25) is 0 Å². The van der Waals surface area contributed by atoms with E-state index >= 15 is 0 Å². The Morgan fingerprint density at radius 3 is 2.75 bits per heavy atom. The number of hydrogen-bond donors (Lipinski definition) is 2. The molecule has 3 nitrogen and oxygen atoms in total. The molecular formula is C13H18N2O. The maximum atomic E-state index is 10.5. The van der Waals surface area contributed by atoms with Crippen LogP contribution in [0.3, 0.4) is 0 Å². The molecule has 1 unspecified atom stereocenters. The maximum Gasteiger partial charge on any atom is 0.136 e. The number of piperidine rings is 1. The molecule has 0 aromatic heterocycles. The third kappa shape index (κ3) is 1.16. The van der Waals surface area contributed by atoms with Crippen LogP contribution in [-0.4, -0.2) is 31.5 Å². The number of likely N-dealkylation sites (N-methyl/N-ethyl adjacent to an activating group) is 1. The average molecular weight is 218 g/mol. The standard InChI is InChI=1S/C13H18N2O/c1-15-11-5-3-2-4-10(11)13(12(15)16)6-8-14-9-7-13/h2-5,12,14,16H,6-9H2,1H3. The Morgan fingerprint density at radius 2 is 2.00 bits per heavy atom. The Kier molecular flexibility index (Phi) is 2.19. The summed E-state index contributed by atoms with van der Waals surface area (Å²) >= 11 is 0. The molecule has 1 atom stereocenters. The van der Waals surface area contributed by atoms with Crippen molar-refractivity contribution in [3.63, 3.8) is 0 Å². The topological polar surface area (TPSA) is 35.5 Å². The van der Waals surface area contributed by atoms with Gasteiger partial charge in [0.1, 0.15) is 6.23 Å². The van der Waals surface area contributed by atoms with Gasteiger partial charge >= 0.3 is 0 Å². The molecule has 2 heterocycles. The highest BCUT2D eigenvalue weighted by Gasteiger charge is 2.49. The molecule has 2 N–H and O–H groups in total. The van der Waals surface area contributed by atoms with Crippen LogP contribution in [0.25, 0.3) is 0 Å². The number of aliphatic hydroxyl groups is 1. The van der Waals surface area contributed by atoms with Crippen LogP contribution in [0, 0.1) is 0 Å². The first kappa shape index (κ1) is 10.1. The number of fused-ring (bicyclic) bond motifs is 2. The van der Waals surface area contributed by atoms with E-state index in [1.165, 1.54) is 11.3 Å². The highest BCUT2D eigenvalue weighted by Crippen LogP contribution is 2.48. The molecule has 0 amide bonds. The van der Waals surface area contributed by atoms with Gasteiger partial charge in [-0.05, 0) is 37.6 Å². The van der Waals surface area contributed by atoms with Crippen molar-refractivity contribution in [1.29, 1.82) is 0 Å². The first-order chi connectivity index (χ1) is 7.76. The van der Waals surface area contributed by atoms with Crippen LogP contribution in [0.2, 0.25) is 0 Å². The number of hydrogen-bond acceptors (Lipinski definition) is 3. The van der Waals surface area contributed by atoms with Crippen LogP contribution < -0.4 is 10.2 Å². The molecule has 2 aliphatic heterocycles. The molecule has 1 saturated heterocycles. The fourth-order valence-electron chi connectivity index (χ4n) is 3.24. The third-order valence-electron chi connectivity index (χ3n) is 4.18. The van der Waals surface area contributed by atoms with Crippen molar-refractivity contribution < 1.29 is 5.11 Å². The monoisotopic (exact) mass is 218 g/mol. The van der Waals surface area contributed by atoms with E-state index in [2.05, 4.69) is 23.5 Å². The summed E-state index contributed by atoms with van der Waals surface area (Å²) < 4.78 is 0. The van der Waals surface area contributed by atoms with E-state index in [1.807, 2.05) is 18.0 Å². The molecular weight excluding hydrogens is 200 g/mol. The summed E-state index contributed by atoms with van der Waals surface area (Å²) in [5.74, 6) is 0. The molecule has 1 spiro atoms. The van der Waals surface area contributed by atoms with Gasteiger partial charge in [-0.2, -0.15) is 0 Å². The van der Waals surface area contributed by atoms with Gasteiger partial charge < -0.3 is 15.3 Å². The van der Waals surface area contributed by atoms with Crippen molar-refractivity contribution in [1.82, 2.24) is 5.32 Å². The fraction of sp³-hybridized carbons (Fsp3) is 0.538. The van der Waals surface area contributed by atoms with E-state index in [4.69, 9.17) is 0 Å². The maximum absolute atomic E-state index is 10.5. The minimum atomic E-state index is -0.369. The smallest absolute Gasteiger partial charge is 0.136 e. The van der Waals surface area contributed by atoms with Gasteiger partial charge in [-0.25, -0.2) is 0 Å². The second kappa shape index (κ2) is 3.47. The van der Waals surface area contributed by atoms with E-state index in [1.54, 1.807) is 0 Å². The number of nitrogens with zero attached hydrogens (tertiary/aromatic N) is 1. The van der Waals surface area contributed by atoms with E-state index < -0.39 is 0 Å². The molecule has 1 fully saturated rings. The van der Waals surface area contributed by atoms with Crippen molar-refractivity contribution in [3.05, 3.63) is 29.8 Å². The summed E-state index contributed by atoms with van der Waals surface area (Å²) in [6.45, 7) is 2.00. The van der Waals surface area contributed by atoms with Gasteiger partial charge in [-0.3, -0.25) is 0 Å². The molecule has 3 heteroatoms. The quantitative estimate of drug-likeness (QED) is 0.684. The van der Waals surface area contributed by atoms with Gasteiger partial charge in [0.15, 0.2) is 0 Å². The summed E-state index contributed by atoms with van der Waals surface area (Å²) in [4.78, 5) is 2.01. The van der Waals surface area contributed by atoms with E-state index in [0.717, 1.165) is 25.9 Å². The largest absolute Gasteiger partial charge is 0.373 e. The number of nitrogens with one attached hydrogen (secondary N) is 1. The van der Waals surface area contributed by atoms with Crippen molar-refractivity contribution in [2.45, 2.75) is 24.5 Å². The molecule has 0 bridgehead atoms. The van der Waals surface area contributed by atoms with E-state index in [-0.39, 0.29) is 11.6 Å². The minimum Gasteiger partial charge on any atom is -0.373 e. The summed E-state index contributed by atoms with van der Waals surface area (Å²) in [5.41, 5.74) is 2.47. The van der Waals surface area contributed by atoms with Crippen molar-refractivity contribution in [3.8, 4) is 0 Å². The zero-order valence-corrected chi connectivity index (χ0v) is 9.61. The predicted octanol–water partition coefficient (Wildman–Crippen LogP) is 1.08. The number of benzene rings is 1. The second-order valence-electron chi connectivity index (χ2n) is 4.91. The zero-order chi connectivity index (χ0) is 11.2. The summed E-state index contributed by atoms with van der Waals surface area (Å²) in [7, 11) is 1.99. The number of para-hydroxylation sites is 1. The van der Waals surface area contributed by atoms with Gasteiger partial charge in [0, 0.05) is 18.2 Å². The Hall–Kier alpha value is -1.06. The number of aliphatic hydroxyl groups excluding tert-OH is 1. The summed E-state index contributed by atoms with van der Waals surface area (Å²) in [5, 5.41) is 13.9. The Labute approximate surface area is 96.1 Å².